The average molecular weight is 399 g/mol. The van der Waals surface area contributed by atoms with Gasteiger partial charge in [-0.2, -0.15) is 5.26 Å². The Bertz CT molecular complexity index is 1090. The molecule has 4 N–H and O–H groups in total. The third-order valence-corrected chi connectivity index (χ3v) is 4.13. The van der Waals surface area contributed by atoms with E-state index < -0.39 is 29.7 Å². The second-order valence-corrected chi connectivity index (χ2v) is 6.30. The van der Waals surface area contributed by atoms with E-state index in [4.69, 9.17) is 15.7 Å². The Morgan fingerprint density at radius 1 is 1.45 bits per heavy atom. The maximum absolute atomic E-state index is 14.5. The molecule has 2 aromatic rings. The van der Waals surface area contributed by atoms with Crippen LogP contribution in [-0.4, -0.2) is 28.7 Å². The number of pyridine rings is 1. The minimum Gasteiger partial charge on any atom is -0.505 e. The summed E-state index contributed by atoms with van der Waals surface area (Å²) in [6.45, 7) is 0.559. The summed E-state index contributed by atoms with van der Waals surface area (Å²) >= 11 is 0. The topological polar surface area (TPSA) is 134 Å². The Hall–Kier alpha value is -4.00. The molecule has 0 bridgehead atoms. The number of rotatable bonds is 4. The first-order chi connectivity index (χ1) is 13.8. The number of alkyl halides is 1. The fourth-order valence-electron chi connectivity index (χ4n) is 2.84. The van der Waals surface area contributed by atoms with E-state index >= 15 is 0 Å². The molecule has 1 aliphatic rings. The van der Waals surface area contributed by atoms with Crippen LogP contribution in [0.5, 0.6) is 5.75 Å². The number of nitrogens with two attached hydrogens (primary N) is 1. The van der Waals surface area contributed by atoms with Crippen molar-refractivity contribution in [1.29, 1.82) is 5.26 Å². The lowest BCUT2D eigenvalue weighted by atomic mass is 9.90. The van der Waals surface area contributed by atoms with Crippen molar-refractivity contribution in [2.75, 3.05) is 12.0 Å². The number of amides is 1. The van der Waals surface area contributed by atoms with E-state index in [0.29, 0.717) is 0 Å². The molecule has 1 amide bonds. The molecule has 10 heteroatoms. The fourth-order valence-corrected chi connectivity index (χ4v) is 2.84. The van der Waals surface area contributed by atoms with Crippen LogP contribution < -0.4 is 11.1 Å². The minimum atomic E-state index is -1.36. The van der Waals surface area contributed by atoms with Gasteiger partial charge in [0.2, 0.25) is 0 Å². The van der Waals surface area contributed by atoms with Gasteiger partial charge in [-0.25, -0.2) is 18.8 Å². The van der Waals surface area contributed by atoms with Crippen LogP contribution in [0.4, 0.5) is 14.5 Å². The van der Waals surface area contributed by atoms with Crippen LogP contribution in [0.1, 0.15) is 28.5 Å². The van der Waals surface area contributed by atoms with Gasteiger partial charge in [0.15, 0.2) is 5.69 Å². The van der Waals surface area contributed by atoms with E-state index in [2.05, 4.69) is 15.3 Å². The first-order valence-corrected chi connectivity index (χ1v) is 8.27. The standard InChI is InChI=1S/C19H15F2N5O3/c1-19(6-12(7-20)29-18(23)26-19)13-5-11(2-3-14(13)21)25-17(28)16-15(27)4-10(8-22)9-24-16/h2-6,9,27H,7H2,1H3,(H2,23,26)(H,25,28)/t19-/m0/s1. The number of hydrogen-bond acceptors (Lipinski definition) is 7. The summed E-state index contributed by atoms with van der Waals surface area (Å²) in [7, 11) is 0. The Balaban J connectivity index is 1.94. The number of aliphatic imine (C=N–C) groups is 1. The number of nitrogens with zero attached hydrogens (tertiary/aromatic N) is 3. The molecule has 1 aliphatic heterocycles. The third kappa shape index (κ3) is 3.98. The lowest BCUT2D eigenvalue weighted by molar-refractivity contribution is 0.101. The van der Waals surface area contributed by atoms with Gasteiger partial charge in [-0.05, 0) is 31.2 Å². The molecule has 29 heavy (non-hydrogen) atoms. The zero-order valence-electron chi connectivity index (χ0n) is 15.1. The van der Waals surface area contributed by atoms with Gasteiger partial charge in [0.25, 0.3) is 11.9 Å². The molecule has 3 rings (SSSR count). The van der Waals surface area contributed by atoms with Gasteiger partial charge in [0.05, 0.1) is 5.56 Å². The normalized spacial score (nSPS) is 18.1. The Morgan fingerprint density at radius 3 is 2.86 bits per heavy atom. The summed E-state index contributed by atoms with van der Waals surface area (Å²) < 4.78 is 32.5. The first kappa shape index (κ1) is 19.8. The summed E-state index contributed by atoms with van der Waals surface area (Å²) in [4.78, 5) is 20.2. The van der Waals surface area contributed by atoms with Gasteiger partial charge < -0.3 is 20.9 Å². The van der Waals surface area contributed by atoms with Crippen molar-refractivity contribution in [3.63, 3.8) is 0 Å². The van der Waals surface area contributed by atoms with Gasteiger partial charge in [-0.15, -0.1) is 0 Å². The summed E-state index contributed by atoms with van der Waals surface area (Å²) in [6, 6.07) is 6.28. The number of halogens is 2. The number of nitrogens with one attached hydrogen (secondary N) is 1. The molecule has 1 aromatic carbocycles. The molecule has 0 saturated heterocycles. The van der Waals surface area contributed by atoms with Crippen molar-refractivity contribution >= 4 is 17.6 Å². The third-order valence-electron chi connectivity index (χ3n) is 4.13. The number of anilines is 1. The molecule has 0 unspecified atom stereocenters. The lowest BCUT2D eigenvalue weighted by Gasteiger charge is -2.28. The molecule has 2 heterocycles. The Labute approximate surface area is 164 Å². The molecule has 0 spiro atoms. The molecule has 1 atom stereocenters. The van der Waals surface area contributed by atoms with Crippen molar-refractivity contribution in [2.24, 2.45) is 10.7 Å². The van der Waals surface area contributed by atoms with Gasteiger partial charge in [-0.3, -0.25) is 4.79 Å². The number of nitriles is 1. The Kier molecular flexibility index (Phi) is 5.14. The highest BCUT2D eigenvalue weighted by atomic mass is 19.1. The number of hydrogen-bond donors (Lipinski definition) is 3. The SMILES string of the molecule is C[C@@]1(c2cc(NC(=O)c3ncc(C#N)cc3O)ccc2F)C=C(CF)OC(N)=N1. The predicted octanol–water partition coefficient (Wildman–Crippen LogP) is 2.46. The van der Waals surface area contributed by atoms with Crippen LogP contribution in [0.25, 0.3) is 0 Å². The van der Waals surface area contributed by atoms with E-state index in [-0.39, 0.29) is 34.3 Å². The maximum Gasteiger partial charge on any atom is 0.288 e. The number of allylic oxidation sites excluding steroid dienone is 1. The Morgan fingerprint density at radius 2 is 2.21 bits per heavy atom. The summed E-state index contributed by atoms with van der Waals surface area (Å²) in [5.74, 6) is -2.02. The van der Waals surface area contributed by atoms with Gasteiger partial charge >= 0.3 is 0 Å². The van der Waals surface area contributed by atoms with Crippen LogP contribution in [0.15, 0.2) is 47.3 Å². The fraction of sp³-hybridized carbons (Fsp3) is 0.158. The number of carbonyl (C=O) groups excluding carboxylic acids is 1. The highest BCUT2D eigenvalue weighted by molar-refractivity contribution is 6.04. The number of ether oxygens (including phenoxy) is 1. The predicted molar refractivity (Wildman–Crippen MR) is 99.1 cm³/mol. The van der Waals surface area contributed by atoms with Crippen molar-refractivity contribution in [3.05, 3.63) is 64.9 Å². The van der Waals surface area contributed by atoms with E-state index in [1.54, 1.807) is 6.07 Å². The molecule has 0 aliphatic carbocycles. The van der Waals surface area contributed by atoms with Crippen LogP contribution in [0, 0.1) is 17.1 Å². The number of benzene rings is 1. The van der Waals surface area contributed by atoms with Crippen LogP contribution in [-0.2, 0) is 10.3 Å². The van der Waals surface area contributed by atoms with Gasteiger partial charge in [-0.1, -0.05) is 0 Å². The van der Waals surface area contributed by atoms with Crippen LogP contribution in [0.2, 0.25) is 0 Å². The zero-order valence-corrected chi connectivity index (χ0v) is 15.1. The van der Waals surface area contributed by atoms with Crippen LogP contribution in [0.3, 0.4) is 0 Å². The summed E-state index contributed by atoms with van der Waals surface area (Å²) in [5, 5.41) is 21.1. The maximum atomic E-state index is 14.5. The summed E-state index contributed by atoms with van der Waals surface area (Å²) in [5.41, 5.74) is 4.18. The smallest absolute Gasteiger partial charge is 0.288 e. The molecule has 148 valence electrons. The van der Waals surface area contributed by atoms with Crippen LogP contribution >= 0.6 is 0 Å². The number of aromatic nitrogens is 1. The van der Waals surface area contributed by atoms with E-state index in [9.17, 15) is 18.7 Å². The largest absolute Gasteiger partial charge is 0.505 e. The van der Waals surface area contributed by atoms with E-state index in [1.807, 2.05) is 0 Å². The highest BCUT2D eigenvalue weighted by Crippen LogP contribution is 2.35. The number of amidine groups is 1. The summed E-state index contributed by atoms with van der Waals surface area (Å²) in [6.07, 6.45) is 2.43. The van der Waals surface area contributed by atoms with Crippen molar-refractivity contribution in [1.82, 2.24) is 4.98 Å². The molecule has 0 saturated carbocycles. The second kappa shape index (κ2) is 7.55. The van der Waals surface area contributed by atoms with Crippen molar-refractivity contribution in [2.45, 2.75) is 12.5 Å². The quantitative estimate of drug-likeness (QED) is 0.723. The zero-order chi connectivity index (χ0) is 21.2. The number of carbonyl (C=O) groups is 1. The molecular formula is C19H15F2N5O3. The second-order valence-electron chi connectivity index (χ2n) is 6.30. The molecule has 8 nitrogen and oxygen atoms in total. The molecule has 0 radical (unpaired) electrons. The monoisotopic (exact) mass is 399 g/mol. The molecule has 0 fully saturated rings. The first-order valence-electron chi connectivity index (χ1n) is 8.27. The van der Waals surface area contributed by atoms with E-state index in [1.165, 1.54) is 25.1 Å². The average Bonchev–Trinajstić information content (AvgIpc) is 2.68. The van der Waals surface area contributed by atoms with Gasteiger partial charge in [0, 0.05) is 23.5 Å². The molecule has 1 aromatic heterocycles. The minimum absolute atomic E-state index is 0.0181. The number of aromatic hydroxyl groups is 1. The van der Waals surface area contributed by atoms with E-state index in [0.717, 1.165) is 18.3 Å². The molecular weight excluding hydrogens is 384 g/mol. The van der Waals surface area contributed by atoms with Gasteiger partial charge in [0.1, 0.15) is 35.6 Å². The highest BCUT2D eigenvalue weighted by Gasteiger charge is 2.32. The van der Waals surface area contributed by atoms with Crippen molar-refractivity contribution < 1.29 is 23.4 Å². The van der Waals surface area contributed by atoms with Crippen molar-refractivity contribution in [3.8, 4) is 11.8 Å². The lowest BCUT2D eigenvalue weighted by Crippen LogP contribution is -2.31.